The summed E-state index contributed by atoms with van der Waals surface area (Å²) in [7, 11) is 0. The molecule has 0 radical (unpaired) electrons. The summed E-state index contributed by atoms with van der Waals surface area (Å²) in [5.41, 5.74) is 5.43. The molecule has 2 aromatic carbocycles. The molecule has 174 valence electrons. The molecule has 6 nitrogen and oxygen atoms in total. The average molecular weight is 491 g/mol. The van der Waals surface area contributed by atoms with E-state index in [9.17, 15) is 10.1 Å². The molecule has 0 spiro atoms. The Hall–Kier alpha value is -4.78. The molecule has 0 aliphatic carbocycles. The van der Waals surface area contributed by atoms with E-state index in [4.69, 9.17) is 21.6 Å². The van der Waals surface area contributed by atoms with Gasteiger partial charge in [0.15, 0.2) is 6.29 Å². The van der Waals surface area contributed by atoms with Crippen LogP contribution >= 0.6 is 11.6 Å². The summed E-state index contributed by atoms with van der Waals surface area (Å²) >= 11 is 6.45. The summed E-state index contributed by atoms with van der Waals surface area (Å²) < 4.78 is 5.87. The molecule has 4 aromatic rings. The van der Waals surface area contributed by atoms with E-state index in [0.717, 1.165) is 16.7 Å². The van der Waals surface area contributed by atoms with E-state index in [1.807, 2.05) is 42.5 Å². The van der Waals surface area contributed by atoms with Gasteiger partial charge in [0, 0.05) is 29.2 Å². The maximum atomic E-state index is 11.6. The Morgan fingerprint density at radius 2 is 1.83 bits per heavy atom. The van der Waals surface area contributed by atoms with Crippen molar-refractivity contribution < 1.29 is 9.53 Å². The lowest BCUT2D eigenvalue weighted by Crippen LogP contribution is -2.00. The molecule has 2 heterocycles. The van der Waals surface area contributed by atoms with Gasteiger partial charge in [-0.3, -0.25) is 14.8 Å². The highest BCUT2D eigenvalue weighted by molar-refractivity contribution is 6.32. The van der Waals surface area contributed by atoms with Gasteiger partial charge < -0.3 is 4.74 Å². The summed E-state index contributed by atoms with van der Waals surface area (Å²) in [5.74, 6) is 0.347. The molecule has 7 heteroatoms. The van der Waals surface area contributed by atoms with Gasteiger partial charge in [-0.25, -0.2) is 0 Å². The molecule has 36 heavy (non-hydrogen) atoms. The maximum absolute atomic E-state index is 11.6. The van der Waals surface area contributed by atoms with Crippen molar-refractivity contribution >= 4 is 30.0 Å². The zero-order valence-corrected chi connectivity index (χ0v) is 19.8. The predicted molar refractivity (Wildman–Crippen MR) is 138 cm³/mol. The number of carbonyl (C=O) groups excluding carboxylic acids is 1. The number of aldehydes is 1. The second-order valence-corrected chi connectivity index (χ2v) is 8.18. The first-order valence-electron chi connectivity index (χ1n) is 11.0. The molecular formula is C29H19ClN4O2. The molecule has 0 atom stereocenters. The Bertz CT molecular complexity index is 1520. The number of hydrogen-bond acceptors (Lipinski definition) is 6. The summed E-state index contributed by atoms with van der Waals surface area (Å²) in [5, 5.41) is 18.9. The first kappa shape index (κ1) is 24.3. The van der Waals surface area contributed by atoms with Crippen molar-refractivity contribution in [1.29, 1.82) is 10.5 Å². The molecule has 0 fully saturated rings. The molecule has 0 aliphatic heterocycles. The van der Waals surface area contributed by atoms with Gasteiger partial charge >= 0.3 is 0 Å². The van der Waals surface area contributed by atoms with Crippen LogP contribution in [0.25, 0.3) is 23.3 Å². The molecule has 0 N–H and O–H groups in total. The summed E-state index contributed by atoms with van der Waals surface area (Å²) in [6.45, 7) is 0.126. The van der Waals surface area contributed by atoms with Crippen molar-refractivity contribution in [3.63, 3.8) is 0 Å². The Kier molecular flexibility index (Phi) is 7.83. The van der Waals surface area contributed by atoms with Crippen molar-refractivity contribution in [1.82, 2.24) is 9.97 Å². The lowest BCUT2D eigenvalue weighted by Gasteiger charge is -2.12. The molecule has 0 amide bonds. The summed E-state index contributed by atoms with van der Waals surface area (Å²) in [6, 6.07) is 20.9. The number of pyridine rings is 2. The van der Waals surface area contributed by atoms with Crippen molar-refractivity contribution in [2.75, 3.05) is 0 Å². The first-order valence-corrected chi connectivity index (χ1v) is 11.3. The number of nitriles is 2. The first-order chi connectivity index (χ1) is 17.6. The molecule has 0 saturated carbocycles. The largest absolute Gasteiger partial charge is 0.488 e. The van der Waals surface area contributed by atoms with Crippen LogP contribution in [0.2, 0.25) is 5.02 Å². The predicted octanol–water partition coefficient (Wildman–Crippen LogP) is 6.30. The van der Waals surface area contributed by atoms with Crippen LogP contribution in [-0.4, -0.2) is 16.3 Å². The lowest BCUT2D eigenvalue weighted by atomic mass is 9.97. The van der Waals surface area contributed by atoms with Crippen LogP contribution in [-0.2, 0) is 13.0 Å². The minimum Gasteiger partial charge on any atom is -0.488 e. The van der Waals surface area contributed by atoms with E-state index in [1.165, 1.54) is 12.3 Å². The van der Waals surface area contributed by atoms with Gasteiger partial charge in [0.2, 0.25) is 0 Å². The highest BCUT2D eigenvalue weighted by Crippen LogP contribution is 2.30. The van der Waals surface area contributed by atoms with Gasteiger partial charge in [-0.05, 0) is 52.6 Å². The lowest BCUT2D eigenvalue weighted by molar-refractivity contribution is 0.111. The Balaban J connectivity index is 1.66. The minimum absolute atomic E-state index is 0.126. The monoisotopic (exact) mass is 490 g/mol. The number of nitrogens with zero attached hydrogens (tertiary/aromatic N) is 4. The van der Waals surface area contributed by atoms with Crippen molar-refractivity contribution in [3.8, 4) is 29.0 Å². The second kappa shape index (κ2) is 11.6. The fraction of sp³-hybridized carbons (Fsp3) is 0.0690. The summed E-state index contributed by atoms with van der Waals surface area (Å²) in [6.07, 6.45) is 9.21. The minimum atomic E-state index is 0.126. The third-order valence-electron chi connectivity index (χ3n) is 5.42. The van der Waals surface area contributed by atoms with Crippen LogP contribution in [0.3, 0.4) is 0 Å². The van der Waals surface area contributed by atoms with Crippen LogP contribution in [0.15, 0.2) is 73.2 Å². The number of benzene rings is 2. The smallest absolute Gasteiger partial charge is 0.153 e. The normalized spacial score (nSPS) is 10.5. The number of ether oxygens (including phenoxy) is 1. The summed E-state index contributed by atoms with van der Waals surface area (Å²) in [4.78, 5) is 20.1. The van der Waals surface area contributed by atoms with E-state index >= 15 is 0 Å². The Morgan fingerprint density at radius 3 is 2.58 bits per heavy atom. The number of carbonyl (C=O) groups is 1. The number of halogens is 1. The van der Waals surface area contributed by atoms with Crippen molar-refractivity contribution in [3.05, 3.63) is 112 Å². The highest BCUT2D eigenvalue weighted by Gasteiger charge is 2.12. The Morgan fingerprint density at radius 1 is 1.00 bits per heavy atom. The fourth-order valence-corrected chi connectivity index (χ4v) is 3.93. The number of aromatic nitrogens is 2. The zero-order valence-electron chi connectivity index (χ0n) is 19.1. The van der Waals surface area contributed by atoms with Gasteiger partial charge in [-0.15, -0.1) is 0 Å². The zero-order chi connectivity index (χ0) is 25.3. The van der Waals surface area contributed by atoms with Crippen LogP contribution in [0.4, 0.5) is 0 Å². The van der Waals surface area contributed by atoms with Crippen molar-refractivity contribution in [2.24, 2.45) is 0 Å². The van der Waals surface area contributed by atoms with Crippen LogP contribution in [0.1, 0.15) is 38.3 Å². The maximum Gasteiger partial charge on any atom is 0.153 e. The van der Waals surface area contributed by atoms with E-state index in [0.29, 0.717) is 45.0 Å². The third kappa shape index (κ3) is 5.64. The topological polar surface area (TPSA) is 99.7 Å². The quantitative estimate of drug-likeness (QED) is 0.269. The van der Waals surface area contributed by atoms with Gasteiger partial charge in [0.05, 0.1) is 29.3 Å². The van der Waals surface area contributed by atoms with E-state index in [1.54, 1.807) is 36.7 Å². The molecule has 2 aromatic heterocycles. The highest BCUT2D eigenvalue weighted by atomic mass is 35.5. The van der Waals surface area contributed by atoms with E-state index in [2.05, 4.69) is 16.0 Å². The fourth-order valence-electron chi connectivity index (χ4n) is 3.69. The van der Waals surface area contributed by atoms with Crippen LogP contribution in [0, 0.1) is 22.7 Å². The molecule has 0 aliphatic rings. The molecule has 4 rings (SSSR count). The van der Waals surface area contributed by atoms with Crippen molar-refractivity contribution in [2.45, 2.75) is 13.0 Å². The van der Waals surface area contributed by atoms with Gasteiger partial charge in [-0.1, -0.05) is 48.0 Å². The SMILES string of the molecule is N#CCc1c(-c2ccccc2)ccnc1/C=C/c1cc(OCc2cncc(C#N)c2)c(C=O)cc1Cl. The molecule has 0 bridgehead atoms. The van der Waals surface area contributed by atoms with E-state index in [-0.39, 0.29) is 13.0 Å². The van der Waals surface area contributed by atoms with Gasteiger partial charge in [0.25, 0.3) is 0 Å². The van der Waals surface area contributed by atoms with Gasteiger partial charge in [-0.2, -0.15) is 10.5 Å². The van der Waals surface area contributed by atoms with Crippen LogP contribution in [0.5, 0.6) is 5.75 Å². The third-order valence-corrected chi connectivity index (χ3v) is 5.75. The van der Waals surface area contributed by atoms with Gasteiger partial charge in [0.1, 0.15) is 18.4 Å². The second-order valence-electron chi connectivity index (χ2n) is 7.77. The number of rotatable bonds is 8. The Labute approximate surface area is 213 Å². The molecular weight excluding hydrogens is 472 g/mol. The number of hydrogen-bond donors (Lipinski definition) is 0. The molecule has 0 unspecified atom stereocenters. The van der Waals surface area contributed by atoms with Crippen LogP contribution < -0.4 is 4.74 Å². The van der Waals surface area contributed by atoms with E-state index < -0.39 is 0 Å². The standard InChI is InChI=1S/C29H19ClN4O2/c30-27-13-24(18-35)29(36-19-21-12-20(15-32)16-33-17-21)14-23(27)6-7-28-26(8-10-31)25(9-11-34-28)22-4-2-1-3-5-22/h1-7,9,11-14,16-18H,8,19H2/b7-6+. The molecule has 0 saturated heterocycles. The average Bonchev–Trinajstić information content (AvgIpc) is 2.92.